The Morgan fingerprint density at radius 3 is 2.59 bits per heavy atom. The molecule has 2 unspecified atom stereocenters. The van der Waals surface area contributed by atoms with Gasteiger partial charge in [0.1, 0.15) is 11.8 Å². The molecule has 2 aromatic rings. The number of halogens is 2. The third-order valence-electron chi connectivity index (χ3n) is 5.07. The molecule has 1 saturated carbocycles. The van der Waals surface area contributed by atoms with Gasteiger partial charge in [-0.25, -0.2) is 8.78 Å². The smallest absolute Gasteiger partial charge is 0.293 e. The van der Waals surface area contributed by atoms with E-state index < -0.39 is 22.7 Å². The number of anilines is 1. The second-order valence-corrected chi connectivity index (χ2v) is 7.24. The minimum atomic E-state index is -0.978. The summed E-state index contributed by atoms with van der Waals surface area (Å²) in [6, 6.07) is 7.55. The lowest BCUT2D eigenvalue weighted by Crippen LogP contribution is -2.26. The number of amides is 1. The average molecular weight is 403 g/mol. The van der Waals surface area contributed by atoms with Gasteiger partial charge in [-0.3, -0.25) is 14.9 Å². The van der Waals surface area contributed by atoms with Crippen LogP contribution in [0.4, 0.5) is 20.2 Å². The molecule has 1 heterocycles. The highest BCUT2D eigenvalue weighted by Crippen LogP contribution is 2.35. The van der Waals surface area contributed by atoms with Gasteiger partial charge in [-0.2, -0.15) is 0 Å². The Labute approximate surface area is 165 Å². The van der Waals surface area contributed by atoms with Crippen LogP contribution >= 0.6 is 0 Å². The van der Waals surface area contributed by atoms with Crippen molar-refractivity contribution in [3.8, 4) is 0 Å². The summed E-state index contributed by atoms with van der Waals surface area (Å²) < 4.78 is 32.5. The first-order chi connectivity index (χ1) is 13.9. The molecule has 0 spiro atoms. The van der Waals surface area contributed by atoms with Gasteiger partial charge in [-0.1, -0.05) is 6.07 Å². The van der Waals surface area contributed by atoms with Gasteiger partial charge in [0.15, 0.2) is 11.6 Å². The van der Waals surface area contributed by atoms with Crippen molar-refractivity contribution in [2.45, 2.75) is 37.5 Å². The topological polar surface area (TPSA) is 93.5 Å². The van der Waals surface area contributed by atoms with Crippen molar-refractivity contribution in [3.63, 3.8) is 0 Å². The molecule has 2 N–H and O–H groups in total. The summed E-state index contributed by atoms with van der Waals surface area (Å²) in [5, 5.41) is 17.4. The molecule has 2 aliphatic rings. The summed E-state index contributed by atoms with van der Waals surface area (Å²) in [5.41, 5.74) is 0.668. The lowest BCUT2D eigenvalue weighted by molar-refractivity contribution is -0.384. The number of nitrogens with one attached hydrogen (secondary N) is 2. The van der Waals surface area contributed by atoms with Gasteiger partial charge in [0.2, 0.25) is 0 Å². The molecule has 2 atom stereocenters. The van der Waals surface area contributed by atoms with Crippen LogP contribution in [0.25, 0.3) is 0 Å². The van der Waals surface area contributed by atoms with E-state index in [9.17, 15) is 23.7 Å². The number of nitrogens with zero attached hydrogens (tertiary/aromatic N) is 1. The average Bonchev–Trinajstić information content (AvgIpc) is 3.39. The summed E-state index contributed by atoms with van der Waals surface area (Å²) in [4.78, 5) is 23.2. The van der Waals surface area contributed by atoms with Crippen molar-refractivity contribution in [2.24, 2.45) is 0 Å². The number of carbonyl (C=O) groups is 1. The van der Waals surface area contributed by atoms with E-state index in [0.29, 0.717) is 18.6 Å². The Morgan fingerprint density at radius 1 is 1.10 bits per heavy atom. The Balaban J connectivity index is 1.56. The SMILES string of the molecule is O=C(NC1CC1)c1ccc(NC2CCOC2c2ccc(F)c(F)c2)c([N+](=O)[O-])c1. The summed E-state index contributed by atoms with van der Waals surface area (Å²) in [6.07, 6.45) is 1.79. The number of nitro benzene ring substituents is 1. The third kappa shape index (κ3) is 4.19. The summed E-state index contributed by atoms with van der Waals surface area (Å²) in [5.74, 6) is -2.27. The number of benzene rings is 2. The van der Waals surface area contributed by atoms with Crippen LogP contribution in [-0.2, 0) is 4.74 Å². The normalized spacial score (nSPS) is 21.0. The maximum Gasteiger partial charge on any atom is 0.293 e. The standard InChI is InChI=1S/C20H19F2N3O4/c21-14-5-1-11(9-15(14)22)19-17(7-8-29-19)24-16-6-2-12(10-18(16)25(27)28)20(26)23-13-3-4-13/h1-2,5-6,9-10,13,17,19,24H,3-4,7-8H2,(H,23,26). The van der Waals surface area contributed by atoms with Crippen molar-refractivity contribution in [3.05, 3.63) is 69.3 Å². The first-order valence-corrected chi connectivity index (χ1v) is 9.35. The molecule has 9 heteroatoms. The molecule has 4 rings (SSSR count). The fraction of sp³-hybridized carbons (Fsp3) is 0.350. The molecular formula is C20H19F2N3O4. The lowest BCUT2D eigenvalue weighted by atomic mass is 10.0. The molecule has 0 aromatic heterocycles. The fourth-order valence-corrected chi connectivity index (χ4v) is 3.40. The van der Waals surface area contributed by atoms with Crippen LogP contribution in [0.1, 0.15) is 41.3 Å². The van der Waals surface area contributed by atoms with Crippen LogP contribution in [-0.4, -0.2) is 29.5 Å². The predicted octanol–water partition coefficient (Wildman–Crippen LogP) is 3.71. The van der Waals surface area contributed by atoms with Gasteiger partial charge in [-0.15, -0.1) is 0 Å². The quantitative estimate of drug-likeness (QED) is 0.567. The Morgan fingerprint density at radius 2 is 1.90 bits per heavy atom. The van der Waals surface area contributed by atoms with Crippen LogP contribution in [0, 0.1) is 21.7 Å². The first-order valence-electron chi connectivity index (χ1n) is 9.35. The fourth-order valence-electron chi connectivity index (χ4n) is 3.40. The minimum absolute atomic E-state index is 0.145. The monoisotopic (exact) mass is 403 g/mol. The number of hydrogen-bond acceptors (Lipinski definition) is 5. The zero-order valence-electron chi connectivity index (χ0n) is 15.4. The lowest BCUT2D eigenvalue weighted by Gasteiger charge is -2.21. The molecule has 152 valence electrons. The highest BCUT2D eigenvalue weighted by Gasteiger charge is 2.32. The highest BCUT2D eigenvalue weighted by atomic mass is 19.2. The van der Waals surface area contributed by atoms with Crippen LogP contribution in [0.15, 0.2) is 36.4 Å². The van der Waals surface area contributed by atoms with Crippen molar-refractivity contribution < 1.29 is 23.2 Å². The molecule has 2 fully saturated rings. The number of nitro groups is 1. The third-order valence-corrected chi connectivity index (χ3v) is 5.07. The molecule has 7 nitrogen and oxygen atoms in total. The molecule has 0 radical (unpaired) electrons. The largest absolute Gasteiger partial charge is 0.374 e. The summed E-state index contributed by atoms with van der Waals surface area (Å²) in [7, 11) is 0. The maximum absolute atomic E-state index is 13.6. The van der Waals surface area contributed by atoms with E-state index in [1.807, 2.05) is 0 Å². The van der Waals surface area contributed by atoms with Crippen molar-refractivity contribution in [2.75, 3.05) is 11.9 Å². The number of hydrogen-bond donors (Lipinski definition) is 2. The molecule has 1 saturated heterocycles. The van der Waals surface area contributed by atoms with Gasteiger partial charge < -0.3 is 15.4 Å². The van der Waals surface area contributed by atoms with E-state index in [4.69, 9.17) is 4.74 Å². The van der Waals surface area contributed by atoms with E-state index in [2.05, 4.69) is 10.6 Å². The van der Waals surface area contributed by atoms with Crippen LogP contribution < -0.4 is 10.6 Å². The van der Waals surface area contributed by atoms with E-state index in [1.165, 1.54) is 24.3 Å². The predicted molar refractivity (Wildman–Crippen MR) is 101 cm³/mol. The van der Waals surface area contributed by atoms with Crippen molar-refractivity contribution in [1.29, 1.82) is 0 Å². The second-order valence-electron chi connectivity index (χ2n) is 7.24. The van der Waals surface area contributed by atoms with Gasteiger partial charge in [0, 0.05) is 24.3 Å². The van der Waals surface area contributed by atoms with E-state index in [1.54, 1.807) is 0 Å². The van der Waals surface area contributed by atoms with Crippen LogP contribution in [0.2, 0.25) is 0 Å². The van der Waals surface area contributed by atoms with E-state index in [-0.39, 0.29) is 34.9 Å². The summed E-state index contributed by atoms with van der Waals surface area (Å²) in [6.45, 7) is 0.372. The molecule has 1 aliphatic heterocycles. The summed E-state index contributed by atoms with van der Waals surface area (Å²) >= 11 is 0. The zero-order chi connectivity index (χ0) is 20.5. The van der Waals surface area contributed by atoms with Gasteiger partial charge in [-0.05, 0) is 49.1 Å². The van der Waals surface area contributed by atoms with Crippen molar-refractivity contribution >= 4 is 17.3 Å². The Kier molecular flexibility index (Phi) is 5.14. The highest BCUT2D eigenvalue weighted by molar-refractivity contribution is 5.96. The number of carbonyl (C=O) groups excluding carboxylic acids is 1. The van der Waals surface area contributed by atoms with Crippen molar-refractivity contribution in [1.82, 2.24) is 5.32 Å². The second kappa shape index (κ2) is 7.75. The van der Waals surface area contributed by atoms with Crippen LogP contribution in [0.5, 0.6) is 0 Å². The number of rotatable bonds is 6. The molecule has 1 amide bonds. The molecule has 1 aliphatic carbocycles. The molecule has 0 bridgehead atoms. The van der Waals surface area contributed by atoms with E-state index in [0.717, 1.165) is 25.0 Å². The zero-order valence-corrected chi connectivity index (χ0v) is 15.4. The van der Waals surface area contributed by atoms with Gasteiger partial charge in [0.25, 0.3) is 11.6 Å². The Hall–Kier alpha value is -3.07. The maximum atomic E-state index is 13.6. The minimum Gasteiger partial charge on any atom is -0.374 e. The van der Waals surface area contributed by atoms with Crippen LogP contribution in [0.3, 0.4) is 0 Å². The molecule has 29 heavy (non-hydrogen) atoms. The Bertz CT molecular complexity index is 965. The van der Waals surface area contributed by atoms with E-state index >= 15 is 0 Å². The molecular weight excluding hydrogens is 384 g/mol. The molecule has 2 aromatic carbocycles. The first kappa shape index (κ1) is 19.3. The number of ether oxygens (including phenoxy) is 1. The van der Waals surface area contributed by atoms with Gasteiger partial charge in [0.05, 0.1) is 11.0 Å². The van der Waals surface area contributed by atoms with Gasteiger partial charge >= 0.3 is 0 Å².